The number of aryl methyl sites for hydroxylation is 1. The minimum Gasteiger partial charge on any atom is -0.481 e. The van der Waals surface area contributed by atoms with Crippen LogP contribution in [0.5, 0.6) is 0 Å². The van der Waals surface area contributed by atoms with Crippen LogP contribution in [0, 0.1) is 5.82 Å². The summed E-state index contributed by atoms with van der Waals surface area (Å²) < 4.78 is 13.7. The van der Waals surface area contributed by atoms with Crippen molar-refractivity contribution in [1.29, 1.82) is 0 Å². The summed E-state index contributed by atoms with van der Waals surface area (Å²) in [6.45, 7) is 0. The molecule has 2 N–H and O–H groups in total. The second-order valence-electron chi connectivity index (χ2n) is 3.52. The van der Waals surface area contributed by atoms with Crippen LogP contribution in [-0.2, 0) is 11.2 Å². The first-order valence-corrected chi connectivity index (χ1v) is 5.54. The lowest BCUT2D eigenvalue weighted by atomic mass is 10.1. The maximum Gasteiger partial charge on any atom is 0.303 e. The SMILES string of the molecule is O=C(O)CCc1c[nH]c2cc(F)cc(Br)c12. The number of hydrogen-bond acceptors (Lipinski definition) is 1. The number of aromatic amines is 1. The number of aliphatic carboxylic acids is 1. The number of halogens is 2. The molecule has 0 atom stereocenters. The fourth-order valence-corrected chi connectivity index (χ4v) is 2.38. The van der Waals surface area contributed by atoms with Gasteiger partial charge in [0.05, 0.1) is 0 Å². The fraction of sp³-hybridized carbons (Fsp3) is 0.182. The van der Waals surface area contributed by atoms with Gasteiger partial charge in [0.2, 0.25) is 0 Å². The number of fused-ring (bicyclic) bond motifs is 1. The molecule has 16 heavy (non-hydrogen) atoms. The van der Waals surface area contributed by atoms with Crippen LogP contribution in [0.4, 0.5) is 4.39 Å². The molecule has 1 aromatic carbocycles. The zero-order valence-corrected chi connectivity index (χ0v) is 9.84. The molecule has 0 saturated carbocycles. The van der Waals surface area contributed by atoms with Crippen molar-refractivity contribution in [1.82, 2.24) is 4.98 Å². The number of H-pyrrole nitrogens is 1. The van der Waals surface area contributed by atoms with E-state index < -0.39 is 5.97 Å². The molecule has 84 valence electrons. The molecule has 2 rings (SSSR count). The van der Waals surface area contributed by atoms with Crippen molar-refractivity contribution < 1.29 is 14.3 Å². The molecule has 5 heteroatoms. The first-order valence-electron chi connectivity index (χ1n) is 4.74. The monoisotopic (exact) mass is 285 g/mol. The molecule has 0 amide bonds. The van der Waals surface area contributed by atoms with E-state index in [1.807, 2.05) is 0 Å². The molecule has 0 fully saturated rings. The summed E-state index contributed by atoms with van der Waals surface area (Å²) in [5, 5.41) is 9.47. The zero-order valence-electron chi connectivity index (χ0n) is 8.26. The predicted octanol–water partition coefficient (Wildman–Crippen LogP) is 3.09. The fourth-order valence-electron chi connectivity index (χ4n) is 1.69. The van der Waals surface area contributed by atoms with Crippen molar-refractivity contribution in [2.75, 3.05) is 0 Å². The summed E-state index contributed by atoms with van der Waals surface area (Å²) >= 11 is 3.28. The Morgan fingerprint density at radius 2 is 2.25 bits per heavy atom. The summed E-state index contributed by atoms with van der Waals surface area (Å²) in [5.41, 5.74) is 1.55. The van der Waals surface area contributed by atoms with Crippen LogP contribution in [-0.4, -0.2) is 16.1 Å². The van der Waals surface area contributed by atoms with Gasteiger partial charge < -0.3 is 10.1 Å². The van der Waals surface area contributed by atoms with E-state index in [1.54, 1.807) is 6.20 Å². The number of carboxylic acids is 1. The smallest absolute Gasteiger partial charge is 0.303 e. The van der Waals surface area contributed by atoms with E-state index >= 15 is 0 Å². The maximum atomic E-state index is 13.1. The van der Waals surface area contributed by atoms with Gasteiger partial charge >= 0.3 is 5.97 Å². The lowest BCUT2D eigenvalue weighted by molar-refractivity contribution is -0.136. The van der Waals surface area contributed by atoms with E-state index in [1.165, 1.54) is 12.1 Å². The normalized spacial score (nSPS) is 10.9. The third-order valence-electron chi connectivity index (χ3n) is 2.39. The van der Waals surface area contributed by atoms with E-state index in [4.69, 9.17) is 5.11 Å². The molecule has 0 radical (unpaired) electrons. The van der Waals surface area contributed by atoms with E-state index in [0.29, 0.717) is 16.4 Å². The summed E-state index contributed by atoms with van der Waals surface area (Å²) in [6, 6.07) is 2.77. The summed E-state index contributed by atoms with van der Waals surface area (Å²) in [7, 11) is 0. The van der Waals surface area contributed by atoms with Gasteiger partial charge in [-0.1, -0.05) is 0 Å². The Morgan fingerprint density at radius 3 is 2.94 bits per heavy atom. The molecule has 0 aliphatic heterocycles. The maximum absolute atomic E-state index is 13.1. The van der Waals surface area contributed by atoms with Gasteiger partial charge in [-0.2, -0.15) is 0 Å². The van der Waals surface area contributed by atoms with Gasteiger partial charge in [-0.05, 0) is 40.0 Å². The van der Waals surface area contributed by atoms with Crippen molar-refractivity contribution in [3.05, 3.63) is 34.2 Å². The standard InChI is InChI=1S/C11H9BrFNO2/c12-8-3-7(13)4-9-11(8)6(5-14-9)1-2-10(15)16/h3-5,14H,1-2H2,(H,15,16). The second kappa shape index (κ2) is 4.25. The predicted molar refractivity (Wildman–Crippen MR) is 61.9 cm³/mol. The Hall–Kier alpha value is -1.36. The average Bonchev–Trinajstić information content (AvgIpc) is 2.57. The van der Waals surface area contributed by atoms with Crippen LogP contribution >= 0.6 is 15.9 Å². The summed E-state index contributed by atoms with van der Waals surface area (Å²) in [6.07, 6.45) is 2.22. The van der Waals surface area contributed by atoms with Crippen LogP contribution in [0.15, 0.2) is 22.8 Å². The third kappa shape index (κ3) is 2.09. The second-order valence-corrected chi connectivity index (χ2v) is 4.37. The molecular weight excluding hydrogens is 277 g/mol. The lowest BCUT2D eigenvalue weighted by Crippen LogP contribution is -1.96. The molecule has 0 saturated heterocycles. The van der Waals surface area contributed by atoms with Gasteiger partial charge in [-0.3, -0.25) is 4.79 Å². The molecule has 1 aromatic heterocycles. The highest BCUT2D eigenvalue weighted by Crippen LogP contribution is 2.28. The minimum absolute atomic E-state index is 0.0662. The van der Waals surface area contributed by atoms with Crippen LogP contribution in [0.3, 0.4) is 0 Å². The summed E-state index contributed by atoms with van der Waals surface area (Å²) in [5.74, 6) is -1.17. The van der Waals surface area contributed by atoms with Gasteiger partial charge in [0.15, 0.2) is 0 Å². The average molecular weight is 286 g/mol. The minimum atomic E-state index is -0.840. The molecule has 0 spiro atoms. The third-order valence-corrected chi connectivity index (χ3v) is 3.01. The first-order chi connectivity index (χ1) is 7.58. The number of nitrogens with one attached hydrogen (secondary N) is 1. The molecule has 0 bridgehead atoms. The number of hydrogen-bond donors (Lipinski definition) is 2. The topological polar surface area (TPSA) is 53.1 Å². The van der Waals surface area contributed by atoms with Gasteiger partial charge in [0.1, 0.15) is 5.82 Å². The van der Waals surface area contributed by atoms with Crippen LogP contribution in [0.2, 0.25) is 0 Å². The van der Waals surface area contributed by atoms with Crippen molar-refractivity contribution >= 4 is 32.8 Å². The van der Waals surface area contributed by atoms with Crippen LogP contribution in [0.1, 0.15) is 12.0 Å². The molecule has 1 heterocycles. The van der Waals surface area contributed by atoms with Gasteiger partial charge in [-0.15, -0.1) is 0 Å². The quantitative estimate of drug-likeness (QED) is 0.911. The number of aromatic nitrogens is 1. The highest BCUT2D eigenvalue weighted by molar-refractivity contribution is 9.10. The van der Waals surface area contributed by atoms with Gasteiger partial charge in [0, 0.05) is 28.0 Å². The molecule has 0 aliphatic rings. The summed E-state index contributed by atoms with van der Waals surface area (Å²) in [4.78, 5) is 13.4. The molecule has 0 unspecified atom stereocenters. The number of carbonyl (C=O) groups is 1. The van der Waals surface area contributed by atoms with Gasteiger partial charge in [-0.25, -0.2) is 4.39 Å². The molecule has 3 nitrogen and oxygen atoms in total. The van der Waals surface area contributed by atoms with E-state index in [9.17, 15) is 9.18 Å². The van der Waals surface area contributed by atoms with E-state index in [-0.39, 0.29) is 12.2 Å². The van der Waals surface area contributed by atoms with E-state index in [0.717, 1.165) is 10.9 Å². The van der Waals surface area contributed by atoms with Gasteiger partial charge in [0.25, 0.3) is 0 Å². The number of rotatable bonds is 3. The van der Waals surface area contributed by atoms with E-state index in [2.05, 4.69) is 20.9 Å². The Balaban J connectivity index is 2.43. The number of benzene rings is 1. The Morgan fingerprint density at radius 1 is 1.50 bits per heavy atom. The Bertz CT molecular complexity index is 550. The Kier molecular flexibility index (Phi) is 2.96. The van der Waals surface area contributed by atoms with Crippen molar-refractivity contribution in [2.24, 2.45) is 0 Å². The van der Waals surface area contributed by atoms with Crippen molar-refractivity contribution in [3.8, 4) is 0 Å². The first kappa shape index (κ1) is 11.1. The zero-order chi connectivity index (χ0) is 11.7. The van der Waals surface area contributed by atoms with Crippen molar-refractivity contribution in [3.63, 3.8) is 0 Å². The molecule has 2 aromatic rings. The molecule has 0 aliphatic carbocycles. The number of carboxylic acid groups (broad SMARTS) is 1. The molecular formula is C11H9BrFNO2. The van der Waals surface area contributed by atoms with Crippen molar-refractivity contribution in [2.45, 2.75) is 12.8 Å². The van der Waals surface area contributed by atoms with Crippen LogP contribution < -0.4 is 0 Å². The largest absolute Gasteiger partial charge is 0.481 e. The highest BCUT2D eigenvalue weighted by atomic mass is 79.9. The highest BCUT2D eigenvalue weighted by Gasteiger charge is 2.10. The lowest BCUT2D eigenvalue weighted by Gasteiger charge is -1.99. The van der Waals surface area contributed by atoms with Crippen LogP contribution in [0.25, 0.3) is 10.9 Å². The Labute approximate surface area is 99.4 Å².